The van der Waals surface area contributed by atoms with Crippen molar-refractivity contribution in [3.63, 3.8) is 0 Å². The Morgan fingerprint density at radius 2 is 0.733 bits per heavy atom. The van der Waals surface area contributed by atoms with E-state index in [4.69, 9.17) is 0 Å². The summed E-state index contributed by atoms with van der Waals surface area (Å²) in [5.41, 5.74) is 0. The summed E-state index contributed by atoms with van der Waals surface area (Å²) in [4.78, 5) is 0. The average Bonchev–Trinajstić information content (AvgIpc) is 1.88. The van der Waals surface area contributed by atoms with Crippen LogP contribution in [-0.4, -0.2) is 0 Å². The van der Waals surface area contributed by atoms with E-state index >= 15 is 0 Å². The summed E-state index contributed by atoms with van der Waals surface area (Å²) in [6, 6.07) is 0. The second-order valence-electron chi connectivity index (χ2n) is 3.44. The molecule has 0 rings (SSSR count). The molecule has 0 N–H and O–H groups in total. The van der Waals surface area contributed by atoms with Crippen LogP contribution in [0.5, 0.6) is 0 Å². The van der Waals surface area contributed by atoms with E-state index in [0.717, 1.165) is 5.92 Å². The van der Waals surface area contributed by atoms with Crippen LogP contribution in [0.25, 0.3) is 0 Å². The first-order chi connectivity index (χ1) is 5.06. The van der Waals surface area contributed by atoms with Gasteiger partial charge in [-0.2, -0.15) is 0 Å². The zero-order valence-corrected chi connectivity index (χ0v) is 16.1. The van der Waals surface area contributed by atoms with E-state index in [0.29, 0.717) is 0 Å². The van der Waals surface area contributed by atoms with E-state index in [2.05, 4.69) is 48.5 Å². The second-order valence-corrected chi connectivity index (χ2v) is 3.44. The van der Waals surface area contributed by atoms with Crippen molar-refractivity contribution < 1.29 is 32.7 Å². The van der Waals surface area contributed by atoms with Gasteiger partial charge in [0.25, 0.3) is 0 Å². The Kier molecular flexibility index (Phi) is 176. The van der Waals surface area contributed by atoms with E-state index in [1.54, 1.807) is 0 Å². The van der Waals surface area contributed by atoms with Gasteiger partial charge in [-0.15, -0.1) is 0 Å². The summed E-state index contributed by atoms with van der Waals surface area (Å²) in [6.07, 6.45) is 3.89. The van der Waals surface area contributed by atoms with Gasteiger partial charge in [-0.1, -0.05) is 67.7 Å². The normalized spacial score (nSPS) is 5.60. The van der Waals surface area contributed by atoms with Crippen LogP contribution in [0.1, 0.15) is 67.7 Å². The van der Waals surface area contributed by atoms with E-state index in [9.17, 15) is 0 Å². The van der Waals surface area contributed by atoms with Gasteiger partial charge in [0.15, 0.2) is 0 Å². The molecule has 1 heteroatoms. The minimum atomic E-state index is 0. The molecule has 0 aliphatic heterocycles. The van der Waals surface area contributed by atoms with E-state index < -0.39 is 0 Å². The topological polar surface area (TPSA) is 0 Å². The second kappa shape index (κ2) is 59.5. The quantitative estimate of drug-likeness (QED) is 0.503. The predicted molar refractivity (Wildman–Crippen MR) is 76.3 cm³/mol. The molecule has 0 saturated carbocycles. The van der Waals surface area contributed by atoms with E-state index in [1.165, 1.54) is 19.3 Å². The van der Waals surface area contributed by atoms with Crippen LogP contribution in [0.15, 0.2) is 0 Å². The van der Waals surface area contributed by atoms with Crippen LogP contribution in [0.4, 0.5) is 0 Å². The Labute approximate surface area is 128 Å². The Balaban J connectivity index is -0.0000000114. The third-order valence-electron chi connectivity index (χ3n) is 0.500. The summed E-state index contributed by atoms with van der Waals surface area (Å²) in [7, 11) is 0. The largest absolute Gasteiger partial charge is 3.00 e. The van der Waals surface area contributed by atoms with Crippen LogP contribution in [-0.2, 0) is 32.7 Å². The molecule has 0 radical (unpaired) electrons. The fraction of sp³-hybridized carbons (Fsp3) is 0.786. The van der Waals surface area contributed by atoms with Gasteiger partial charge in [0, 0.05) is 0 Å². The van der Waals surface area contributed by atoms with Crippen LogP contribution in [0.2, 0.25) is 0 Å². The van der Waals surface area contributed by atoms with Gasteiger partial charge in [0.2, 0.25) is 0 Å². The first-order valence-corrected chi connectivity index (χ1v) is 5.06. The van der Waals surface area contributed by atoms with Crippen molar-refractivity contribution in [1.82, 2.24) is 0 Å². The number of unbranched alkanes of at least 4 members (excludes halogenated alkanes) is 1. The molecular weight excluding hydrogens is 257 g/mol. The summed E-state index contributed by atoms with van der Waals surface area (Å²) in [5, 5.41) is 0. The predicted octanol–water partition coefficient (Wildman–Crippen LogP) is 6.23. The van der Waals surface area contributed by atoms with Gasteiger partial charge in [0.1, 0.15) is 0 Å². The van der Waals surface area contributed by atoms with Gasteiger partial charge in [0.05, 0.1) is 0 Å². The van der Waals surface area contributed by atoms with Crippen LogP contribution in [0, 0.1) is 28.2 Å². The minimum absolute atomic E-state index is 0. The summed E-state index contributed by atoms with van der Waals surface area (Å²) >= 11 is 0. The molecule has 0 bridgehead atoms. The molecule has 0 amide bonds. The first kappa shape index (κ1) is 44.3. The van der Waals surface area contributed by atoms with Crippen molar-refractivity contribution in [2.24, 2.45) is 5.92 Å². The van der Waals surface area contributed by atoms with Gasteiger partial charge >= 0.3 is 32.7 Å². The van der Waals surface area contributed by atoms with E-state index in [1.807, 2.05) is 0 Å². The smallest absolute Gasteiger partial charge is 0.358 e. The summed E-state index contributed by atoms with van der Waals surface area (Å²) in [5.74, 6) is 0.833. The maximum atomic E-state index is 2.18. The van der Waals surface area contributed by atoms with Crippen LogP contribution in [0.3, 0.4) is 0 Å². The molecule has 0 nitrogen and oxygen atoms in total. The zero-order chi connectivity index (χ0) is 9.70. The van der Waals surface area contributed by atoms with Gasteiger partial charge in [-0.05, 0) is 5.92 Å². The SMILES string of the molecule is CC(C)C.CCC.CCCC.[CH3-].[CH3-].[CH3-].[Y+3]. The van der Waals surface area contributed by atoms with Crippen molar-refractivity contribution in [2.75, 3.05) is 0 Å². The van der Waals surface area contributed by atoms with Crippen molar-refractivity contribution in [3.8, 4) is 0 Å². The van der Waals surface area contributed by atoms with Crippen molar-refractivity contribution >= 4 is 0 Å². The molecule has 0 aliphatic rings. The Hall–Kier alpha value is 1.10. The fourth-order valence-electron chi connectivity index (χ4n) is 0. The fourth-order valence-corrected chi connectivity index (χ4v) is 0. The molecule has 0 unspecified atom stereocenters. The Morgan fingerprint density at radius 1 is 0.667 bits per heavy atom. The third kappa shape index (κ3) is 586. The number of hydrogen-bond acceptors (Lipinski definition) is 0. The summed E-state index contributed by atoms with van der Waals surface area (Å²) in [6.45, 7) is 15.1. The molecule has 0 aromatic carbocycles. The molecular formula is C14H37Y. The maximum Gasteiger partial charge on any atom is 3.00 e. The molecule has 0 aromatic rings. The minimum Gasteiger partial charge on any atom is -0.358 e. The summed E-state index contributed by atoms with van der Waals surface area (Å²) < 4.78 is 0. The van der Waals surface area contributed by atoms with Crippen molar-refractivity contribution in [1.29, 1.82) is 0 Å². The molecule has 96 valence electrons. The molecule has 0 fully saturated rings. The molecule has 0 atom stereocenters. The number of rotatable bonds is 1. The molecule has 0 spiro atoms. The molecule has 15 heavy (non-hydrogen) atoms. The van der Waals surface area contributed by atoms with Gasteiger partial charge < -0.3 is 22.3 Å². The third-order valence-corrected chi connectivity index (χ3v) is 0.500. The van der Waals surface area contributed by atoms with E-state index in [-0.39, 0.29) is 55.0 Å². The molecule has 0 heterocycles. The van der Waals surface area contributed by atoms with Crippen molar-refractivity contribution in [3.05, 3.63) is 22.3 Å². The molecule has 0 aromatic heterocycles. The zero-order valence-electron chi connectivity index (χ0n) is 13.3. The number of hydrogen-bond donors (Lipinski definition) is 0. The monoisotopic (exact) mass is 294 g/mol. The average molecular weight is 294 g/mol. The molecule has 0 saturated heterocycles. The van der Waals surface area contributed by atoms with Gasteiger partial charge in [-0.3, -0.25) is 0 Å². The Bertz CT molecular complexity index is 29.6. The standard InChI is InChI=1S/2C4H10.C3H8.3CH3.Y/c1-4(2)3;1-3-4-2;1-3-2;;;;/h4H,1-3H3;3-4H2,1-2H3;3H2,1-2H3;3*1H3;/q;;;3*-1;+3. The van der Waals surface area contributed by atoms with Crippen LogP contribution < -0.4 is 0 Å². The maximum absolute atomic E-state index is 2.18. The Morgan fingerprint density at radius 3 is 0.733 bits per heavy atom. The van der Waals surface area contributed by atoms with Gasteiger partial charge in [-0.25, -0.2) is 0 Å². The molecule has 0 aliphatic carbocycles. The first-order valence-electron chi connectivity index (χ1n) is 5.06. The van der Waals surface area contributed by atoms with Crippen molar-refractivity contribution in [2.45, 2.75) is 67.7 Å². The van der Waals surface area contributed by atoms with Crippen LogP contribution >= 0.6 is 0 Å².